The molecule has 1 aromatic rings. The van der Waals surface area contributed by atoms with Crippen LogP contribution in [0.4, 0.5) is 5.69 Å². The summed E-state index contributed by atoms with van der Waals surface area (Å²) in [6.07, 6.45) is 1.94. The summed E-state index contributed by atoms with van der Waals surface area (Å²) >= 11 is 0. The van der Waals surface area contributed by atoms with Crippen LogP contribution in [0.2, 0.25) is 0 Å². The quantitative estimate of drug-likeness (QED) is 0.467. The minimum atomic E-state index is -0.646. The third-order valence-corrected chi connectivity index (χ3v) is 2.70. The SMILES string of the molecule is C=CCC(=O)[C@@H](Cc1ccc([N+](=O)[O-])cc1)NC(C)=O. The topological polar surface area (TPSA) is 89.3 Å². The lowest BCUT2D eigenvalue weighted by atomic mass is 10.0. The average molecular weight is 276 g/mol. The molecule has 0 aromatic heterocycles. The zero-order valence-electron chi connectivity index (χ0n) is 11.2. The first kappa shape index (κ1) is 15.6. The molecule has 0 saturated heterocycles. The first-order valence-corrected chi connectivity index (χ1v) is 6.08. The highest BCUT2D eigenvalue weighted by molar-refractivity contribution is 5.89. The van der Waals surface area contributed by atoms with Crippen LogP contribution in [-0.2, 0) is 16.0 Å². The second-order valence-electron chi connectivity index (χ2n) is 4.34. The van der Waals surface area contributed by atoms with Crippen LogP contribution in [0.1, 0.15) is 18.9 Å². The number of nitro groups is 1. The lowest BCUT2D eigenvalue weighted by molar-refractivity contribution is -0.384. The Balaban J connectivity index is 2.82. The number of nitrogens with zero attached hydrogens (tertiary/aromatic N) is 1. The van der Waals surface area contributed by atoms with E-state index < -0.39 is 11.0 Å². The summed E-state index contributed by atoms with van der Waals surface area (Å²) in [6.45, 7) is 4.83. The van der Waals surface area contributed by atoms with Crippen molar-refractivity contribution in [2.24, 2.45) is 0 Å². The number of non-ortho nitro benzene ring substituents is 1. The zero-order valence-corrected chi connectivity index (χ0v) is 11.2. The van der Waals surface area contributed by atoms with Crippen LogP contribution in [0, 0.1) is 10.1 Å². The molecule has 0 radical (unpaired) electrons. The molecule has 0 unspecified atom stereocenters. The number of ketones is 1. The van der Waals surface area contributed by atoms with Crippen molar-refractivity contribution in [2.75, 3.05) is 0 Å². The largest absolute Gasteiger partial charge is 0.346 e. The molecule has 0 aliphatic heterocycles. The molecule has 1 rings (SSSR count). The third-order valence-electron chi connectivity index (χ3n) is 2.70. The lowest BCUT2D eigenvalue weighted by Gasteiger charge is -2.16. The fourth-order valence-corrected chi connectivity index (χ4v) is 1.76. The van der Waals surface area contributed by atoms with E-state index in [1.807, 2.05) is 0 Å². The highest BCUT2D eigenvalue weighted by atomic mass is 16.6. The van der Waals surface area contributed by atoms with Gasteiger partial charge in [0.05, 0.1) is 11.0 Å². The van der Waals surface area contributed by atoms with Crippen molar-refractivity contribution in [2.45, 2.75) is 25.8 Å². The van der Waals surface area contributed by atoms with Crippen molar-refractivity contribution in [3.05, 3.63) is 52.6 Å². The molecule has 0 fully saturated rings. The molecule has 6 nitrogen and oxygen atoms in total. The van der Waals surface area contributed by atoms with Crippen molar-refractivity contribution in [1.29, 1.82) is 0 Å². The van der Waals surface area contributed by atoms with Crippen molar-refractivity contribution in [3.8, 4) is 0 Å². The lowest BCUT2D eigenvalue weighted by Crippen LogP contribution is -2.41. The maximum Gasteiger partial charge on any atom is 0.269 e. The highest BCUT2D eigenvalue weighted by Gasteiger charge is 2.19. The van der Waals surface area contributed by atoms with Crippen molar-refractivity contribution in [1.82, 2.24) is 5.32 Å². The van der Waals surface area contributed by atoms with E-state index in [1.54, 1.807) is 12.1 Å². The van der Waals surface area contributed by atoms with Gasteiger partial charge in [-0.25, -0.2) is 0 Å². The maximum atomic E-state index is 11.9. The molecular formula is C14H16N2O4. The molecule has 20 heavy (non-hydrogen) atoms. The fourth-order valence-electron chi connectivity index (χ4n) is 1.76. The second kappa shape index (κ2) is 7.18. The van der Waals surface area contributed by atoms with Gasteiger partial charge in [0, 0.05) is 25.5 Å². The summed E-state index contributed by atoms with van der Waals surface area (Å²) in [5.41, 5.74) is 0.731. The number of hydrogen-bond acceptors (Lipinski definition) is 4. The van der Waals surface area contributed by atoms with Crippen molar-refractivity contribution in [3.63, 3.8) is 0 Å². The molecule has 106 valence electrons. The van der Waals surface area contributed by atoms with E-state index >= 15 is 0 Å². The Morgan fingerprint density at radius 3 is 2.45 bits per heavy atom. The van der Waals surface area contributed by atoms with E-state index in [9.17, 15) is 19.7 Å². The van der Waals surface area contributed by atoms with Gasteiger partial charge in [-0.3, -0.25) is 19.7 Å². The fraction of sp³-hybridized carbons (Fsp3) is 0.286. The molecule has 6 heteroatoms. The molecular weight excluding hydrogens is 260 g/mol. The van der Waals surface area contributed by atoms with Gasteiger partial charge in [0.25, 0.3) is 5.69 Å². The molecule has 0 aliphatic rings. The molecule has 1 atom stereocenters. The van der Waals surface area contributed by atoms with Crippen LogP contribution < -0.4 is 5.32 Å². The van der Waals surface area contributed by atoms with Gasteiger partial charge in [-0.05, 0) is 12.0 Å². The Kier molecular flexibility index (Phi) is 5.58. The number of carbonyl (C=O) groups excluding carboxylic acids is 2. The van der Waals surface area contributed by atoms with Gasteiger partial charge in [-0.1, -0.05) is 18.2 Å². The van der Waals surface area contributed by atoms with E-state index in [-0.39, 0.29) is 23.8 Å². The Bertz CT molecular complexity index is 522. The monoisotopic (exact) mass is 276 g/mol. The van der Waals surface area contributed by atoms with Crippen LogP contribution in [0.3, 0.4) is 0 Å². The number of nitro benzene ring substituents is 1. The van der Waals surface area contributed by atoms with Gasteiger partial charge in [0.15, 0.2) is 5.78 Å². The molecule has 0 aliphatic carbocycles. The van der Waals surface area contributed by atoms with Gasteiger partial charge >= 0.3 is 0 Å². The summed E-state index contributed by atoms with van der Waals surface area (Å²) in [5, 5.41) is 13.1. The Labute approximate surface area is 116 Å². The van der Waals surface area contributed by atoms with Crippen LogP contribution in [0.5, 0.6) is 0 Å². The zero-order chi connectivity index (χ0) is 15.1. The maximum absolute atomic E-state index is 11.9. The van der Waals surface area contributed by atoms with Gasteiger partial charge in [0.2, 0.25) is 5.91 Å². The van der Waals surface area contributed by atoms with Crippen LogP contribution in [0.25, 0.3) is 0 Å². The predicted octanol–water partition coefficient (Wildman–Crippen LogP) is 1.79. The Morgan fingerprint density at radius 1 is 1.40 bits per heavy atom. The van der Waals surface area contributed by atoms with Gasteiger partial charge in [0.1, 0.15) is 0 Å². The summed E-state index contributed by atoms with van der Waals surface area (Å²) in [4.78, 5) is 33.1. The number of allylic oxidation sites excluding steroid dienone is 1. The second-order valence-corrected chi connectivity index (χ2v) is 4.34. The summed E-state index contributed by atoms with van der Waals surface area (Å²) < 4.78 is 0. The van der Waals surface area contributed by atoms with Crippen LogP contribution in [0.15, 0.2) is 36.9 Å². The number of amides is 1. The summed E-state index contributed by atoms with van der Waals surface area (Å²) in [7, 11) is 0. The van der Waals surface area contributed by atoms with E-state index in [0.717, 1.165) is 5.56 Å². The minimum Gasteiger partial charge on any atom is -0.346 e. The van der Waals surface area contributed by atoms with E-state index in [2.05, 4.69) is 11.9 Å². The van der Waals surface area contributed by atoms with Gasteiger partial charge in [-0.15, -0.1) is 6.58 Å². The molecule has 0 bridgehead atoms. The van der Waals surface area contributed by atoms with E-state index in [1.165, 1.54) is 25.1 Å². The molecule has 1 N–H and O–H groups in total. The van der Waals surface area contributed by atoms with Gasteiger partial charge in [-0.2, -0.15) is 0 Å². The number of benzene rings is 1. The first-order valence-electron chi connectivity index (χ1n) is 6.08. The Morgan fingerprint density at radius 2 is 2.00 bits per heavy atom. The normalized spacial score (nSPS) is 11.4. The Hall–Kier alpha value is -2.50. The molecule has 1 amide bonds. The predicted molar refractivity (Wildman–Crippen MR) is 74.2 cm³/mol. The molecule has 0 saturated carbocycles. The summed E-state index contributed by atoms with van der Waals surface area (Å²) in [6, 6.07) is 5.26. The van der Waals surface area contributed by atoms with Gasteiger partial charge < -0.3 is 5.32 Å². The standard InChI is InChI=1S/C14H16N2O4/c1-3-4-14(18)13(15-10(2)17)9-11-5-7-12(8-6-11)16(19)20/h3,5-8,13H,1,4,9H2,2H3,(H,15,17)/t13-/m1/s1. The number of Topliss-reactive ketones (excluding diaryl/α,β-unsaturated/α-hetero) is 1. The van der Waals surface area contributed by atoms with Crippen LogP contribution in [-0.4, -0.2) is 22.7 Å². The number of rotatable bonds is 7. The smallest absolute Gasteiger partial charge is 0.269 e. The molecule has 0 heterocycles. The average Bonchev–Trinajstić information content (AvgIpc) is 2.38. The van der Waals surface area contributed by atoms with E-state index in [4.69, 9.17) is 0 Å². The molecule has 0 spiro atoms. The van der Waals surface area contributed by atoms with E-state index in [0.29, 0.717) is 6.42 Å². The summed E-state index contributed by atoms with van der Waals surface area (Å²) in [5.74, 6) is -0.442. The number of carbonyl (C=O) groups is 2. The first-order chi connectivity index (χ1) is 9.43. The number of nitrogens with one attached hydrogen (secondary N) is 1. The van der Waals surface area contributed by atoms with Crippen molar-refractivity contribution < 1.29 is 14.5 Å². The van der Waals surface area contributed by atoms with Crippen molar-refractivity contribution >= 4 is 17.4 Å². The minimum absolute atomic E-state index is 0.0118. The molecule has 1 aromatic carbocycles. The number of hydrogen-bond donors (Lipinski definition) is 1. The highest BCUT2D eigenvalue weighted by Crippen LogP contribution is 2.14. The van der Waals surface area contributed by atoms with Crippen LogP contribution >= 0.6 is 0 Å². The third kappa shape index (κ3) is 4.64.